The summed E-state index contributed by atoms with van der Waals surface area (Å²) >= 11 is 5.99. The van der Waals surface area contributed by atoms with Gasteiger partial charge >= 0.3 is 5.97 Å². The van der Waals surface area contributed by atoms with E-state index in [-0.39, 0.29) is 29.0 Å². The zero-order valence-corrected chi connectivity index (χ0v) is 17.5. The summed E-state index contributed by atoms with van der Waals surface area (Å²) in [5.41, 5.74) is 1.01. The second-order valence-corrected chi connectivity index (χ2v) is 8.04. The molecule has 160 valence electrons. The lowest BCUT2D eigenvalue weighted by molar-refractivity contribution is -0.119. The van der Waals surface area contributed by atoms with Crippen molar-refractivity contribution in [3.05, 3.63) is 64.2 Å². The highest BCUT2D eigenvalue weighted by Gasteiger charge is 2.40. The monoisotopic (exact) mass is 440 g/mol. The molecule has 1 saturated carbocycles. The first kappa shape index (κ1) is 21.1. The van der Waals surface area contributed by atoms with E-state index in [1.807, 2.05) is 0 Å². The van der Waals surface area contributed by atoms with Crippen LogP contribution in [0.3, 0.4) is 0 Å². The molecule has 0 bridgehead atoms. The van der Waals surface area contributed by atoms with Crippen LogP contribution in [0.15, 0.2) is 42.5 Å². The van der Waals surface area contributed by atoms with Gasteiger partial charge in [0.2, 0.25) is 0 Å². The number of imide groups is 1. The molecule has 8 heteroatoms. The summed E-state index contributed by atoms with van der Waals surface area (Å²) in [6, 6.07) is 10.9. The number of nitrogens with one attached hydrogen (secondary N) is 1. The van der Waals surface area contributed by atoms with Crippen molar-refractivity contribution in [2.45, 2.75) is 38.1 Å². The van der Waals surface area contributed by atoms with Crippen molar-refractivity contribution >= 4 is 41.0 Å². The van der Waals surface area contributed by atoms with E-state index in [9.17, 15) is 19.2 Å². The number of esters is 1. The number of carbonyl (C=O) groups excluding carboxylic acids is 4. The number of benzene rings is 2. The molecular weight excluding hydrogens is 420 g/mol. The van der Waals surface area contributed by atoms with E-state index in [4.69, 9.17) is 16.3 Å². The number of nitrogens with zero attached hydrogens (tertiary/aromatic N) is 1. The van der Waals surface area contributed by atoms with E-state index in [0.717, 1.165) is 32.1 Å². The van der Waals surface area contributed by atoms with Gasteiger partial charge in [0.25, 0.3) is 17.7 Å². The van der Waals surface area contributed by atoms with Crippen molar-refractivity contribution in [2.75, 3.05) is 11.9 Å². The SMILES string of the molecule is O=C(COC(=O)c1ccc2c(c1)C(=O)N(C1CCCCC1)C2=O)Nc1ccccc1Cl. The lowest BCUT2D eigenvalue weighted by Gasteiger charge is -2.29. The summed E-state index contributed by atoms with van der Waals surface area (Å²) in [6.45, 7) is -0.512. The van der Waals surface area contributed by atoms with Crippen LogP contribution >= 0.6 is 11.6 Å². The van der Waals surface area contributed by atoms with Gasteiger partial charge < -0.3 is 10.1 Å². The Hall–Kier alpha value is -3.19. The first-order chi connectivity index (χ1) is 15.0. The largest absolute Gasteiger partial charge is 0.452 e. The molecule has 0 atom stereocenters. The summed E-state index contributed by atoms with van der Waals surface area (Å²) < 4.78 is 5.06. The highest BCUT2D eigenvalue weighted by Crippen LogP contribution is 2.31. The molecular formula is C23H21ClN2O5. The molecule has 2 aromatic carbocycles. The fourth-order valence-corrected chi connectivity index (χ4v) is 4.20. The van der Waals surface area contributed by atoms with Gasteiger partial charge in [-0.25, -0.2) is 4.79 Å². The zero-order chi connectivity index (χ0) is 22.0. The lowest BCUT2D eigenvalue weighted by atomic mass is 9.94. The van der Waals surface area contributed by atoms with E-state index in [2.05, 4.69) is 5.32 Å². The molecule has 2 aliphatic rings. The normalized spacial score (nSPS) is 16.2. The van der Waals surface area contributed by atoms with E-state index in [1.165, 1.54) is 23.1 Å². The molecule has 7 nitrogen and oxygen atoms in total. The van der Waals surface area contributed by atoms with Crippen molar-refractivity contribution in [3.63, 3.8) is 0 Å². The van der Waals surface area contributed by atoms with Crippen LogP contribution in [0.2, 0.25) is 5.02 Å². The Bertz CT molecular complexity index is 1060. The predicted molar refractivity (Wildman–Crippen MR) is 114 cm³/mol. The minimum Gasteiger partial charge on any atom is -0.452 e. The van der Waals surface area contributed by atoms with Crippen molar-refractivity contribution in [1.82, 2.24) is 4.90 Å². The Balaban J connectivity index is 1.41. The van der Waals surface area contributed by atoms with Gasteiger partial charge in [0.15, 0.2) is 6.61 Å². The van der Waals surface area contributed by atoms with Crippen molar-refractivity contribution < 1.29 is 23.9 Å². The van der Waals surface area contributed by atoms with Crippen LogP contribution in [0.1, 0.15) is 63.2 Å². The molecule has 2 aromatic rings. The minimum atomic E-state index is -0.756. The highest BCUT2D eigenvalue weighted by atomic mass is 35.5. The van der Waals surface area contributed by atoms with E-state index < -0.39 is 18.5 Å². The van der Waals surface area contributed by atoms with Crippen LogP contribution in [0.5, 0.6) is 0 Å². The fourth-order valence-electron chi connectivity index (χ4n) is 4.02. The van der Waals surface area contributed by atoms with Gasteiger partial charge in [-0.3, -0.25) is 19.3 Å². The number of ether oxygens (including phenoxy) is 1. The summed E-state index contributed by atoms with van der Waals surface area (Å²) in [6.07, 6.45) is 4.71. The van der Waals surface area contributed by atoms with Crippen molar-refractivity contribution in [1.29, 1.82) is 0 Å². The maximum atomic E-state index is 12.9. The van der Waals surface area contributed by atoms with Gasteiger partial charge in [0.05, 0.1) is 27.4 Å². The van der Waals surface area contributed by atoms with E-state index in [1.54, 1.807) is 24.3 Å². The molecule has 0 unspecified atom stereocenters. The van der Waals surface area contributed by atoms with Gasteiger partial charge in [-0.05, 0) is 43.2 Å². The van der Waals surface area contributed by atoms with Crippen LogP contribution in [0.25, 0.3) is 0 Å². The second kappa shape index (κ2) is 8.89. The number of anilines is 1. The number of fused-ring (bicyclic) bond motifs is 1. The van der Waals surface area contributed by atoms with Crippen LogP contribution in [-0.4, -0.2) is 41.2 Å². The Morgan fingerprint density at radius 3 is 2.45 bits per heavy atom. The number of carbonyl (C=O) groups is 4. The second-order valence-electron chi connectivity index (χ2n) is 7.64. The molecule has 0 aromatic heterocycles. The van der Waals surface area contributed by atoms with Crippen molar-refractivity contribution in [2.24, 2.45) is 0 Å². The fraction of sp³-hybridized carbons (Fsp3) is 0.304. The molecule has 1 aliphatic carbocycles. The molecule has 3 amide bonds. The maximum absolute atomic E-state index is 12.9. The third kappa shape index (κ3) is 4.32. The van der Waals surface area contributed by atoms with Gasteiger partial charge in [0.1, 0.15) is 0 Å². The van der Waals surface area contributed by atoms with Gasteiger partial charge in [-0.2, -0.15) is 0 Å². The molecule has 31 heavy (non-hydrogen) atoms. The average molecular weight is 441 g/mol. The molecule has 1 aliphatic heterocycles. The predicted octanol–water partition coefficient (Wildman–Crippen LogP) is 4.06. The smallest absolute Gasteiger partial charge is 0.338 e. The number of hydrogen-bond donors (Lipinski definition) is 1. The molecule has 1 fully saturated rings. The van der Waals surface area contributed by atoms with Crippen molar-refractivity contribution in [3.8, 4) is 0 Å². The summed E-state index contributed by atoms with van der Waals surface area (Å²) in [7, 11) is 0. The van der Waals surface area contributed by atoms with Gasteiger partial charge in [0, 0.05) is 6.04 Å². The lowest BCUT2D eigenvalue weighted by Crippen LogP contribution is -2.40. The van der Waals surface area contributed by atoms with Gasteiger partial charge in [-0.15, -0.1) is 0 Å². The molecule has 0 saturated heterocycles. The van der Waals surface area contributed by atoms with E-state index >= 15 is 0 Å². The average Bonchev–Trinajstić information content (AvgIpc) is 3.04. The Labute approximate surface area is 184 Å². The van der Waals surface area contributed by atoms with Crippen LogP contribution in [-0.2, 0) is 9.53 Å². The number of halogens is 1. The number of hydrogen-bond acceptors (Lipinski definition) is 5. The molecule has 1 heterocycles. The summed E-state index contributed by atoms with van der Waals surface area (Å²) in [5.74, 6) is -1.99. The minimum absolute atomic E-state index is 0.0925. The van der Waals surface area contributed by atoms with Crippen LogP contribution in [0.4, 0.5) is 5.69 Å². The molecule has 0 radical (unpaired) electrons. The van der Waals surface area contributed by atoms with Gasteiger partial charge in [-0.1, -0.05) is 43.0 Å². The summed E-state index contributed by atoms with van der Waals surface area (Å²) in [4.78, 5) is 51.4. The quantitative estimate of drug-likeness (QED) is 0.559. The summed E-state index contributed by atoms with van der Waals surface area (Å²) in [5, 5.41) is 2.93. The Kier molecular flexibility index (Phi) is 6.04. The number of rotatable bonds is 5. The Morgan fingerprint density at radius 1 is 1.00 bits per heavy atom. The molecule has 1 N–H and O–H groups in total. The number of para-hydroxylation sites is 1. The van der Waals surface area contributed by atoms with E-state index in [0.29, 0.717) is 16.3 Å². The standard InChI is InChI=1S/C23H21ClN2O5/c24-18-8-4-5-9-19(18)25-20(27)13-31-23(30)14-10-11-16-17(12-14)22(29)26(21(16)28)15-6-2-1-3-7-15/h4-5,8-12,15H,1-3,6-7,13H2,(H,25,27). The number of amides is 3. The third-order valence-electron chi connectivity index (χ3n) is 5.58. The Morgan fingerprint density at radius 2 is 1.71 bits per heavy atom. The topological polar surface area (TPSA) is 92.8 Å². The highest BCUT2D eigenvalue weighted by molar-refractivity contribution is 6.33. The first-order valence-electron chi connectivity index (χ1n) is 10.2. The van der Waals surface area contributed by atoms with Crippen LogP contribution < -0.4 is 5.32 Å². The first-order valence-corrected chi connectivity index (χ1v) is 10.6. The maximum Gasteiger partial charge on any atom is 0.338 e. The molecule has 0 spiro atoms. The molecule has 4 rings (SSSR count). The zero-order valence-electron chi connectivity index (χ0n) is 16.7. The van der Waals surface area contributed by atoms with Crippen LogP contribution in [0, 0.1) is 0 Å². The third-order valence-corrected chi connectivity index (χ3v) is 5.91.